The fraction of sp³-hybridized carbons (Fsp3) is 0.250. The second-order valence-electron chi connectivity index (χ2n) is 7.28. The molecule has 1 saturated heterocycles. The van der Waals surface area contributed by atoms with Crippen LogP contribution in [0.1, 0.15) is 17.2 Å². The first kappa shape index (κ1) is 20.6. The maximum atomic E-state index is 12.7. The number of rotatable bonds is 7. The number of para-hydroxylation sites is 1. The average Bonchev–Trinajstić information content (AvgIpc) is 2.79. The van der Waals surface area contributed by atoms with Gasteiger partial charge in [-0.3, -0.25) is 4.90 Å². The molecule has 0 bridgehead atoms. The summed E-state index contributed by atoms with van der Waals surface area (Å²) in [5.41, 5.74) is 2.06. The lowest BCUT2D eigenvalue weighted by Gasteiger charge is -2.33. The van der Waals surface area contributed by atoms with Crippen LogP contribution in [0.15, 0.2) is 89.8 Å². The maximum Gasteiger partial charge on any atom is 0.339 e. The Morgan fingerprint density at radius 3 is 2.33 bits per heavy atom. The highest BCUT2D eigenvalue weighted by atomic mass is 32.2. The van der Waals surface area contributed by atoms with Gasteiger partial charge in [-0.15, -0.1) is 0 Å². The van der Waals surface area contributed by atoms with E-state index in [4.69, 9.17) is 8.92 Å². The summed E-state index contributed by atoms with van der Waals surface area (Å²) in [6.07, 6.45) is 0.727. The fourth-order valence-corrected chi connectivity index (χ4v) is 4.58. The van der Waals surface area contributed by atoms with Gasteiger partial charge < -0.3 is 8.92 Å². The maximum absolute atomic E-state index is 12.7. The van der Waals surface area contributed by atoms with Crippen LogP contribution in [-0.4, -0.2) is 39.6 Å². The Bertz CT molecular complexity index is 1050. The van der Waals surface area contributed by atoms with E-state index in [1.165, 1.54) is 17.7 Å². The lowest BCUT2D eigenvalue weighted by Crippen LogP contribution is -2.39. The third-order valence-electron chi connectivity index (χ3n) is 5.21. The molecule has 0 amide bonds. The second kappa shape index (κ2) is 9.43. The van der Waals surface area contributed by atoms with Crippen molar-refractivity contribution in [2.45, 2.75) is 17.4 Å². The third-order valence-corrected chi connectivity index (χ3v) is 6.46. The van der Waals surface area contributed by atoms with Gasteiger partial charge in [-0.2, -0.15) is 8.42 Å². The van der Waals surface area contributed by atoms with Gasteiger partial charge in [0.2, 0.25) is 0 Å². The molecule has 1 aliphatic rings. The number of hydrogen-bond donors (Lipinski definition) is 0. The first-order valence-corrected chi connectivity index (χ1v) is 11.5. The molecule has 4 rings (SSSR count). The molecule has 0 aromatic heterocycles. The molecule has 1 aliphatic heterocycles. The first-order valence-electron chi connectivity index (χ1n) is 10.1. The molecule has 0 radical (unpaired) electrons. The zero-order valence-electron chi connectivity index (χ0n) is 16.7. The van der Waals surface area contributed by atoms with Crippen molar-refractivity contribution in [3.8, 4) is 5.75 Å². The highest BCUT2D eigenvalue weighted by molar-refractivity contribution is 7.87. The first-order chi connectivity index (χ1) is 14.6. The predicted octanol–water partition coefficient (Wildman–Crippen LogP) is 4.07. The van der Waals surface area contributed by atoms with Crippen molar-refractivity contribution in [2.75, 3.05) is 26.2 Å². The van der Waals surface area contributed by atoms with Crippen LogP contribution >= 0.6 is 0 Å². The highest BCUT2D eigenvalue weighted by Gasteiger charge is 2.26. The molecule has 0 spiro atoms. The molecule has 1 fully saturated rings. The minimum atomic E-state index is -3.90. The Morgan fingerprint density at radius 1 is 0.900 bits per heavy atom. The van der Waals surface area contributed by atoms with Crippen molar-refractivity contribution in [2.24, 2.45) is 0 Å². The third kappa shape index (κ3) is 5.08. The van der Waals surface area contributed by atoms with Crippen LogP contribution in [0.4, 0.5) is 0 Å². The summed E-state index contributed by atoms with van der Waals surface area (Å²) < 4.78 is 36.9. The average molecular weight is 424 g/mol. The van der Waals surface area contributed by atoms with Crippen molar-refractivity contribution in [3.05, 3.63) is 96.1 Å². The minimum Gasteiger partial charge on any atom is -0.379 e. The Morgan fingerprint density at radius 2 is 1.57 bits per heavy atom. The van der Waals surface area contributed by atoms with Gasteiger partial charge in [0.25, 0.3) is 0 Å². The van der Waals surface area contributed by atoms with Gasteiger partial charge in [0.15, 0.2) is 0 Å². The largest absolute Gasteiger partial charge is 0.379 e. The second-order valence-corrected chi connectivity index (χ2v) is 8.83. The van der Waals surface area contributed by atoms with E-state index >= 15 is 0 Å². The van der Waals surface area contributed by atoms with Gasteiger partial charge in [-0.05, 0) is 30.2 Å². The molecule has 3 aromatic rings. The summed E-state index contributed by atoms with van der Waals surface area (Å²) in [7, 11) is -3.90. The number of morpholine rings is 1. The van der Waals surface area contributed by atoms with Gasteiger partial charge in [-0.25, -0.2) is 0 Å². The Hall–Kier alpha value is -2.67. The molecule has 0 aliphatic carbocycles. The molecule has 6 heteroatoms. The monoisotopic (exact) mass is 423 g/mol. The van der Waals surface area contributed by atoms with Gasteiger partial charge in [0, 0.05) is 25.2 Å². The fourth-order valence-electron chi connectivity index (χ4n) is 3.60. The molecule has 5 nitrogen and oxygen atoms in total. The Labute approximate surface area is 178 Å². The van der Waals surface area contributed by atoms with Crippen LogP contribution in [0.5, 0.6) is 5.75 Å². The quantitative estimate of drug-likeness (QED) is 0.536. The smallest absolute Gasteiger partial charge is 0.339 e. The van der Waals surface area contributed by atoms with E-state index < -0.39 is 10.1 Å². The highest BCUT2D eigenvalue weighted by Crippen LogP contribution is 2.32. The van der Waals surface area contributed by atoms with Crippen LogP contribution in [0.2, 0.25) is 0 Å². The predicted molar refractivity (Wildman–Crippen MR) is 116 cm³/mol. The summed E-state index contributed by atoms with van der Waals surface area (Å²) in [5, 5.41) is 0. The van der Waals surface area contributed by atoms with Crippen molar-refractivity contribution in [1.29, 1.82) is 0 Å². The Kier molecular flexibility index (Phi) is 6.47. The normalized spacial score (nSPS) is 17.5. The van der Waals surface area contributed by atoms with E-state index in [-0.39, 0.29) is 11.0 Å². The zero-order chi connectivity index (χ0) is 20.8. The molecule has 156 valence electrons. The number of benzene rings is 3. The SMILES string of the molecule is O=S(=O)(Oc1ccccc1[C@@H]1CN(CCc2ccccc2)CCO1)c1ccccc1. The lowest BCUT2D eigenvalue weighted by atomic mass is 10.1. The molecule has 0 unspecified atom stereocenters. The van der Waals surface area contributed by atoms with Crippen LogP contribution in [-0.2, 0) is 21.3 Å². The topological polar surface area (TPSA) is 55.8 Å². The van der Waals surface area contributed by atoms with E-state index in [1.807, 2.05) is 18.2 Å². The molecule has 1 atom stereocenters. The number of ether oxygens (including phenoxy) is 1. The molecule has 1 heterocycles. The summed E-state index contributed by atoms with van der Waals surface area (Å²) in [6, 6.07) is 25.8. The molecular weight excluding hydrogens is 398 g/mol. The number of hydrogen-bond acceptors (Lipinski definition) is 5. The van der Waals surface area contributed by atoms with Gasteiger partial charge in [-0.1, -0.05) is 66.7 Å². The van der Waals surface area contributed by atoms with Crippen molar-refractivity contribution in [1.82, 2.24) is 4.90 Å². The lowest BCUT2D eigenvalue weighted by molar-refractivity contribution is -0.0301. The molecule has 0 saturated carbocycles. The molecule has 0 N–H and O–H groups in total. The van der Waals surface area contributed by atoms with Crippen LogP contribution in [0.25, 0.3) is 0 Å². The van der Waals surface area contributed by atoms with Crippen molar-refractivity contribution >= 4 is 10.1 Å². The Balaban J connectivity index is 1.47. The van der Waals surface area contributed by atoms with E-state index in [9.17, 15) is 8.42 Å². The van der Waals surface area contributed by atoms with Crippen LogP contribution in [0, 0.1) is 0 Å². The van der Waals surface area contributed by atoms with E-state index in [2.05, 4.69) is 29.2 Å². The summed E-state index contributed by atoms with van der Waals surface area (Å²) in [6.45, 7) is 3.07. The van der Waals surface area contributed by atoms with Gasteiger partial charge in [0.1, 0.15) is 10.6 Å². The van der Waals surface area contributed by atoms with Crippen LogP contribution < -0.4 is 4.18 Å². The number of nitrogens with zero attached hydrogens (tertiary/aromatic N) is 1. The van der Waals surface area contributed by atoms with Crippen LogP contribution in [0.3, 0.4) is 0 Å². The van der Waals surface area contributed by atoms with Crippen molar-refractivity contribution in [3.63, 3.8) is 0 Å². The molecular formula is C24H25NO4S. The summed E-state index contributed by atoms with van der Waals surface area (Å²) in [5.74, 6) is 0.316. The van der Waals surface area contributed by atoms with Gasteiger partial charge in [0.05, 0.1) is 12.7 Å². The van der Waals surface area contributed by atoms with Crippen molar-refractivity contribution < 1.29 is 17.3 Å². The van der Waals surface area contributed by atoms with Gasteiger partial charge >= 0.3 is 10.1 Å². The minimum absolute atomic E-state index is 0.133. The van der Waals surface area contributed by atoms with E-state index in [0.717, 1.165) is 25.1 Å². The molecule has 3 aromatic carbocycles. The van der Waals surface area contributed by atoms with E-state index in [0.29, 0.717) is 18.9 Å². The zero-order valence-corrected chi connectivity index (χ0v) is 17.5. The standard InChI is InChI=1S/C24H25NO4S/c26-30(27,21-11-5-2-6-12-21)29-23-14-8-7-13-22(23)24-19-25(17-18-28-24)16-15-20-9-3-1-4-10-20/h1-14,24H,15-19H2/t24-/m0/s1. The van der Waals surface area contributed by atoms with E-state index in [1.54, 1.807) is 30.3 Å². The summed E-state index contributed by atoms with van der Waals surface area (Å²) >= 11 is 0. The summed E-state index contributed by atoms with van der Waals surface area (Å²) in [4.78, 5) is 2.48. The molecule has 30 heavy (non-hydrogen) atoms.